The van der Waals surface area contributed by atoms with E-state index in [2.05, 4.69) is 5.32 Å². The van der Waals surface area contributed by atoms with Crippen LogP contribution in [0.2, 0.25) is 0 Å². The summed E-state index contributed by atoms with van der Waals surface area (Å²) < 4.78 is 7.83. The Hall–Kier alpha value is -2.03. The molecule has 0 heterocycles. The molecule has 0 aromatic heterocycles. The number of rotatable bonds is 3. The van der Waals surface area contributed by atoms with Gasteiger partial charge in [-0.15, -0.1) is 0 Å². The molecular weight excluding hydrogens is 202 g/mol. The number of carboxylic acid groups (broad SMARTS) is 1. The first kappa shape index (κ1) is 9.21. The fourth-order valence-corrected chi connectivity index (χ4v) is 1.56. The molecule has 0 aliphatic rings. The van der Waals surface area contributed by atoms with Crippen molar-refractivity contribution in [1.29, 1.82) is 0 Å². The first-order valence-electron chi connectivity index (χ1n) is 5.57. The van der Waals surface area contributed by atoms with E-state index in [1.54, 1.807) is 13.0 Å². The van der Waals surface area contributed by atoms with Gasteiger partial charge in [-0.3, -0.25) is 4.79 Å². The summed E-state index contributed by atoms with van der Waals surface area (Å²) in [6, 6.07) is 10.7. The highest BCUT2D eigenvalue weighted by molar-refractivity contribution is 5.95. The molecule has 2 aromatic rings. The maximum atomic E-state index is 10.8. The maximum absolute atomic E-state index is 10.8. The van der Waals surface area contributed by atoms with Gasteiger partial charge in [0.05, 0.1) is 1.37 Å². The monoisotopic (exact) mass is 216 g/mol. The molecular formula is C13H13NO2. The Balaban J connectivity index is 2.51. The SMILES string of the molecule is [2H]c1ccc2ccccc2c1N[C@@H](C)C(=O)O. The first-order valence-corrected chi connectivity index (χ1v) is 5.07. The van der Waals surface area contributed by atoms with E-state index in [-0.39, 0.29) is 0 Å². The predicted octanol–water partition coefficient (Wildman–Crippen LogP) is 2.72. The van der Waals surface area contributed by atoms with Crippen LogP contribution in [-0.2, 0) is 4.79 Å². The zero-order chi connectivity index (χ0) is 12.4. The smallest absolute Gasteiger partial charge is 0.325 e. The first-order chi connectivity index (χ1) is 8.09. The Morgan fingerprint density at radius 3 is 2.81 bits per heavy atom. The van der Waals surface area contributed by atoms with E-state index in [4.69, 9.17) is 6.48 Å². The standard InChI is InChI=1S/C13H13NO2/c1-9(13(15)16)14-12-8-4-6-10-5-2-3-7-11(10)12/h2-9,14H,1H3,(H,15,16)/t9-/m0/s1/i8D. The van der Waals surface area contributed by atoms with E-state index in [0.717, 1.165) is 10.8 Å². The summed E-state index contributed by atoms with van der Waals surface area (Å²) in [5.74, 6) is -0.933. The third kappa shape index (κ3) is 1.98. The molecule has 1 atom stereocenters. The lowest BCUT2D eigenvalue weighted by Crippen LogP contribution is -2.25. The Bertz CT molecular complexity index is 568. The molecule has 82 valence electrons. The Kier molecular flexibility index (Phi) is 2.43. The molecule has 16 heavy (non-hydrogen) atoms. The topological polar surface area (TPSA) is 49.3 Å². The average molecular weight is 216 g/mol. The summed E-state index contributed by atoms with van der Waals surface area (Å²) in [6.45, 7) is 1.56. The van der Waals surface area contributed by atoms with E-state index in [1.165, 1.54) is 0 Å². The molecule has 0 bridgehead atoms. The van der Waals surface area contributed by atoms with E-state index in [1.807, 2.05) is 30.3 Å². The second-order valence-corrected chi connectivity index (χ2v) is 3.64. The molecule has 0 amide bonds. The molecule has 3 heteroatoms. The molecule has 0 spiro atoms. The van der Waals surface area contributed by atoms with Crippen molar-refractivity contribution < 1.29 is 11.3 Å². The van der Waals surface area contributed by atoms with Gasteiger partial charge >= 0.3 is 5.97 Å². The molecule has 0 aliphatic heterocycles. The van der Waals surface area contributed by atoms with Crippen LogP contribution >= 0.6 is 0 Å². The molecule has 2 N–H and O–H groups in total. The predicted molar refractivity (Wildman–Crippen MR) is 64.7 cm³/mol. The lowest BCUT2D eigenvalue weighted by molar-refractivity contribution is -0.137. The third-order valence-corrected chi connectivity index (χ3v) is 2.45. The van der Waals surface area contributed by atoms with Crippen molar-refractivity contribution in [2.45, 2.75) is 13.0 Å². The molecule has 3 nitrogen and oxygen atoms in total. The lowest BCUT2D eigenvalue weighted by Gasteiger charge is -2.12. The second kappa shape index (κ2) is 4.23. The van der Waals surface area contributed by atoms with Gasteiger partial charge in [0.2, 0.25) is 0 Å². The Labute approximate surface area is 95.1 Å². The summed E-state index contributed by atoms with van der Waals surface area (Å²) >= 11 is 0. The number of fused-ring (bicyclic) bond motifs is 1. The van der Waals surface area contributed by atoms with Crippen molar-refractivity contribution in [2.75, 3.05) is 5.32 Å². The van der Waals surface area contributed by atoms with Crippen molar-refractivity contribution in [3.63, 3.8) is 0 Å². The minimum absolute atomic E-state index is 0.303. The zero-order valence-electron chi connectivity index (χ0n) is 9.90. The third-order valence-electron chi connectivity index (χ3n) is 2.45. The molecule has 0 fully saturated rings. The molecule has 2 aromatic carbocycles. The second-order valence-electron chi connectivity index (χ2n) is 3.64. The van der Waals surface area contributed by atoms with Crippen LogP contribution in [0.5, 0.6) is 0 Å². The quantitative estimate of drug-likeness (QED) is 0.829. The fraction of sp³-hybridized carbons (Fsp3) is 0.154. The van der Waals surface area contributed by atoms with E-state index >= 15 is 0 Å². The van der Waals surface area contributed by atoms with Crippen LogP contribution in [0.3, 0.4) is 0 Å². The number of hydrogen-bond donors (Lipinski definition) is 2. The molecule has 2 rings (SSSR count). The van der Waals surface area contributed by atoms with E-state index < -0.39 is 12.0 Å². The zero-order valence-corrected chi connectivity index (χ0v) is 8.90. The van der Waals surface area contributed by atoms with Gasteiger partial charge in [-0.05, 0) is 18.4 Å². The largest absolute Gasteiger partial charge is 0.480 e. The maximum Gasteiger partial charge on any atom is 0.325 e. The number of benzene rings is 2. The van der Waals surface area contributed by atoms with Crippen LogP contribution in [-0.4, -0.2) is 17.1 Å². The molecule has 0 saturated heterocycles. The van der Waals surface area contributed by atoms with Gasteiger partial charge in [0.1, 0.15) is 6.04 Å². The average Bonchev–Trinajstić information content (AvgIpc) is 2.32. The van der Waals surface area contributed by atoms with Gasteiger partial charge in [-0.25, -0.2) is 0 Å². The van der Waals surface area contributed by atoms with Gasteiger partial charge in [0, 0.05) is 11.1 Å². The number of aliphatic carboxylic acids is 1. The Morgan fingerprint density at radius 1 is 1.38 bits per heavy atom. The lowest BCUT2D eigenvalue weighted by atomic mass is 10.1. The number of hydrogen-bond acceptors (Lipinski definition) is 2. The van der Waals surface area contributed by atoms with Gasteiger partial charge in [-0.1, -0.05) is 36.4 Å². The summed E-state index contributed by atoms with van der Waals surface area (Å²) in [5, 5.41) is 13.6. The van der Waals surface area contributed by atoms with Crippen LogP contribution in [0.4, 0.5) is 5.69 Å². The summed E-state index contributed by atoms with van der Waals surface area (Å²) in [5.41, 5.74) is 0.568. The van der Waals surface area contributed by atoms with Crippen molar-refractivity contribution >= 4 is 22.4 Å². The van der Waals surface area contributed by atoms with E-state index in [0.29, 0.717) is 11.7 Å². The summed E-state index contributed by atoms with van der Waals surface area (Å²) in [6.07, 6.45) is 0. The van der Waals surface area contributed by atoms with Gasteiger partial charge < -0.3 is 10.4 Å². The highest BCUT2D eigenvalue weighted by Gasteiger charge is 2.11. The van der Waals surface area contributed by atoms with Crippen LogP contribution in [0.1, 0.15) is 8.29 Å². The number of anilines is 1. The molecule has 0 unspecified atom stereocenters. The minimum atomic E-state index is -0.933. The van der Waals surface area contributed by atoms with Crippen LogP contribution in [0, 0.1) is 0 Å². The molecule has 0 aliphatic carbocycles. The number of carbonyl (C=O) groups is 1. The minimum Gasteiger partial charge on any atom is -0.480 e. The summed E-state index contributed by atoms with van der Waals surface area (Å²) in [7, 11) is 0. The van der Waals surface area contributed by atoms with Crippen molar-refractivity contribution in [3.05, 3.63) is 42.4 Å². The van der Waals surface area contributed by atoms with Gasteiger partial charge in [0.25, 0.3) is 0 Å². The van der Waals surface area contributed by atoms with Crippen LogP contribution in [0.25, 0.3) is 10.8 Å². The highest BCUT2D eigenvalue weighted by atomic mass is 16.4. The molecule has 0 radical (unpaired) electrons. The fourth-order valence-electron chi connectivity index (χ4n) is 1.56. The Morgan fingerprint density at radius 2 is 2.06 bits per heavy atom. The van der Waals surface area contributed by atoms with Gasteiger partial charge in [-0.2, -0.15) is 0 Å². The van der Waals surface area contributed by atoms with E-state index in [9.17, 15) is 4.79 Å². The van der Waals surface area contributed by atoms with Crippen molar-refractivity contribution in [1.82, 2.24) is 0 Å². The molecule has 0 saturated carbocycles. The van der Waals surface area contributed by atoms with Crippen LogP contribution < -0.4 is 5.32 Å². The number of nitrogens with one attached hydrogen (secondary N) is 1. The highest BCUT2D eigenvalue weighted by Crippen LogP contribution is 2.23. The van der Waals surface area contributed by atoms with Crippen molar-refractivity contribution in [3.8, 4) is 0 Å². The van der Waals surface area contributed by atoms with Crippen molar-refractivity contribution in [2.24, 2.45) is 0 Å². The summed E-state index contributed by atoms with van der Waals surface area (Å²) in [4.78, 5) is 10.8. The normalized spacial score (nSPS) is 13.2. The number of carboxylic acids is 1. The van der Waals surface area contributed by atoms with Gasteiger partial charge in [0.15, 0.2) is 0 Å². The van der Waals surface area contributed by atoms with Crippen LogP contribution in [0.15, 0.2) is 42.4 Å².